The van der Waals surface area contributed by atoms with Gasteiger partial charge in [-0.25, -0.2) is 9.78 Å². The van der Waals surface area contributed by atoms with Crippen molar-refractivity contribution in [3.8, 4) is 0 Å². The minimum atomic E-state index is -0.875. The third-order valence-corrected chi connectivity index (χ3v) is 6.92. The Morgan fingerprint density at radius 2 is 2.08 bits per heavy atom. The van der Waals surface area contributed by atoms with Gasteiger partial charge in [0.15, 0.2) is 6.04 Å². The van der Waals surface area contributed by atoms with Crippen LogP contribution in [0.1, 0.15) is 31.7 Å². The highest BCUT2D eigenvalue weighted by molar-refractivity contribution is 8.16. The highest BCUT2D eigenvalue weighted by atomic mass is 32.2. The summed E-state index contributed by atoms with van der Waals surface area (Å²) in [6.45, 7) is 6.08. The van der Waals surface area contributed by atoms with Gasteiger partial charge in [0.05, 0.1) is 10.2 Å². The van der Waals surface area contributed by atoms with E-state index in [9.17, 15) is 9.90 Å². The standard InChI is InChI=1S/C17H19N3O2S2/c1-17(2)13(16(21)22)19-15(24-17)14-18-11-6-5-10(9-12(11)23-14)20-7-3-4-8-20/h5-6,9,13H,3-4,7-8H2,1-2H3,(H,21,22). The Morgan fingerprint density at radius 3 is 2.75 bits per heavy atom. The molecule has 7 heteroatoms. The molecule has 126 valence electrons. The van der Waals surface area contributed by atoms with Crippen molar-refractivity contribution in [1.29, 1.82) is 0 Å². The highest BCUT2D eigenvalue weighted by Crippen LogP contribution is 2.41. The first kappa shape index (κ1) is 15.9. The fourth-order valence-electron chi connectivity index (χ4n) is 3.23. The van der Waals surface area contributed by atoms with E-state index in [0.717, 1.165) is 33.4 Å². The van der Waals surface area contributed by atoms with Crippen molar-refractivity contribution in [1.82, 2.24) is 4.98 Å². The van der Waals surface area contributed by atoms with Crippen molar-refractivity contribution in [3.05, 3.63) is 23.2 Å². The zero-order valence-corrected chi connectivity index (χ0v) is 15.3. The molecule has 0 bridgehead atoms. The molecule has 2 aliphatic heterocycles. The number of carboxylic acid groups (broad SMARTS) is 1. The lowest BCUT2D eigenvalue weighted by Crippen LogP contribution is -2.34. The number of carbonyl (C=O) groups is 1. The first-order valence-corrected chi connectivity index (χ1v) is 9.73. The van der Waals surface area contributed by atoms with Crippen LogP contribution in [0.3, 0.4) is 0 Å². The van der Waals surface area contributed by atoms with Crippen LogP contribution in [-0.2, 0) is 4.79 Å². The van der Waals surface area contributed by atoms with Crippen LogP contribution in [0.2, 0.25) is 0 Å². The molecule has 4 rings (SSSR count). The van der Waals surface area contributed by atoms with Gasteiger partial charge in [0.1, 0.15) is 10.1 Å². The van der Waals surface area contributed by atoms with Crippen molar-refractivity contribution >= 4 is 50.0 Å². The minimum absolute atomic E-state index is 0.445. The van der Waals surface area contributed by atoms with E-state index in [-0.39, 0.29) is 0 Å². The number of nitrogens with zero attached hydrogens (tertiary/aromatic N) is 3. The van der Waals surface area contributed by atoms with E-state index < -0.39 is 16.8 Å². The average Bonchev–Trinajstić information content (AvgIpc) is 3.23. The van der Waals surface area contributed by atoms with Crippen molar-refractivity contribution in [2.75, 3.05) is 18.0 Å². The van der Waals surface area contributed by atoms with Crippen LogP contribution >= 0.6 is 23.1 Å². The van der Waals surface area contributed by atoms with Crippen molar-refractivity contribution < 1.29 is 9.90 Å². The molecule has 1 N–H and O–H groups in total. The quantitative estimate of drug-likeness (QED) is 0.904. The molecule has 1 saturated heterocycles. The molecule has 5 nitrogen and oxygen atoms in total. The normalized spacial score (nSPS) is 23.0. The lowest BCUT2D eigenvalue weighted by Gasteiger charge is -2.19. The average molecular weight is 361 g/mol. The molecule has 24 heavy (non-hydrogen) atoms. The van der Waals surface area contributed by atoms with Gasteiger partial charge in [-0.1, -0.05) is 11.8 Å². The van der Waals surface area contributed by atoms with Crippen molar-refractivity contribution in [2.24, 2.45) is 4.99 Å². The van der Waals surface area contributed by atoms with E-state index in [1.165, 1.54) is 30.3 Å². The van der Waals surface area contributed by atoms with E-state index in [0.29, 0.717) is 0 Å². The van der Waals surface area contributed by atoms with E-state index in [4.69, 9.17) is 0 Å². The summed E-state index contributed by atoms with van der Waals surface area (Å²) in [4.78, 5) is 22.9. The molecule has 1 aromatic carbocycles. The lowest BCUT2D eigenvalue weighted by molar-refractivity contribution is -0.138. The van der Waals surface area contributed by atoms with Crippen LogP contribution in [-0.4, -0.2) is 45.0 Å². The summed E-state index contributed by atoms with van der Waals surface area (Å²) in [6.07, 6.45) is 2.51. The largest absolute Gasteiger partial charge is 0.480 e. The van der Waals surface area contributed by atoms with Gasteiger partial charge >= 0.3 is 5.97 Å². The van der Waals surface area contributed by atoms with Gasteiger partial charge in [0, 0.05) is 23.5 Å². The molecule has 3 heterocycles. The Morgan fingerprint density at radius 1 is 1.33 bits per heavy atom. The zero-order valence-electron chi connectivity index (χ0n) is 13.7. The summed E-state index contributed by atoms with van der Waals surface area (Å²) in [5, 5.41) is 10.9. The molecular formula is C17H19N3O2S2. The molecule has 2 aromatic rings. The summed E-state index contributed by atoms with van der Waals surface area (Å²) in [7, 11) is 0. The minimum Gasteiger partial charge on any atom is -0.480 e. The number of benzene rings is 1. The molecule has 0 aliphatic carbocycles. The summed E-state index contributed by atoms with van der Waals surface area (Å²) >= 11 is 3.11. The van der Waals surface area contributed by atoms with E-state index in [1.54, 1.807) is 11.3 Å². The molecule has 1 unspecified atom stereocenters. The second kappa shape index (κ2) is 5.74. The number of anilines is 1. The second-order valence-electron chi connectivity index (χ2n) is 6.75. The van der Waals surface area contributed by atoms with Gasteiger partial charge in [0.2, 0.25) is 0 Å². The topological polar surface area (TPSA) is 65.8 Å². The van der Waals surface area contributed by atoms with Crippen LogP contribution in [0.4, 0.5) is 5.69 Å². The van der Waals surface area contributed by atoms with Crippen LogP contribution in [0.25, 0.3) is 10.2 Å². The van der Waals surface area contributed by atoms with Gasteiger partial charge in [0.25, 0.3) is 0 Å². The van der Waals surface area contributed by atoms with Gasteiger partial charge in [-0.3, -0.25) is 4.99 Å². The molecule has 0 saturated carbocycles. The van der Waals surface area contributed by atoms with Gasteiger partial charge < -0.3 is 10.0 Å². The molecule has 1 aromatic heterocycles. The number of rotatable bonds is 3. The Balaban J connectivity index is 1.68. The monoisotopic (exact) mass is 361 g/mol. The van der Waals surface area contributed by atoms with E-state index in [2.05, 4.69) is 33.1 Å². The summed E-state index contributed by atoms with van der Waals surface area (Å²) in [5.41, 5.74) is 2.21. The number of thiazole rings is 1. The maximum absolute atomic E-state index is 11.4. The van der Waals surface area contributed by atoms with Crippen LogP contribution < -0.4 is 4.90 Å². The fourth-order valence-corrected chi connectivity index (χ4v) is 5.43. The smallest absolute Gasteiger partial charge is 0.329 e. The zero-order chi connectivity index (χ0) is 16.9. The maximum Gasteiger partial charge on any atom is 0.329 e. The van der Waals surface area contributed by atoms with Gasteiger partial charge in [-0.15, -0.1) is 11.3 Å². The Labute approximate surface area is 148 Å². The van der Waals surface area contributed by atoms with Crippen LogP contribution in [0, 0.1) is 0 Å². The number of aromatic nitrogens is 1. The number of hydrogen-bond donors (Lipinski definition) is 1. The summed E-state index contributed by atoms with van der Waals surface area (Å²) < 4.78 is 0.689. The van der Waals surface area contributed by atoms with Crippen molar-refractivity contribution in [3.63, 3.8) is 0 Å². The van der Waals surface area contributed by atoms with E-state index >= 15 is 0 Å². The van der Waals surface area contributed by atoms with Crippen molar-refractivity contribution in [2.45, 2.75) is 37.5 Å². The van der Waals surface area contributed by atoms with Crippen LogP contribution in [0.5, 0.6) is 0 Å². The Hall–Kier alpha value is -1.60. The fraction of sp³-hybridized carbons (Fsp3) is 0.471. The Bertz CT molecular complexity index is 837. The van der Waals surface area contributed by atoms with Gasteiger partial charge in [-0.05, 0) is 44.9 Å². The number of fused-ring (bicyclic) bond motifs is 1. The number of carboxylic acids is 1. The molecule has 1 fully saturated rings. The summed E-state index contributed by atoms with van der Waals surface area (Å²) in [5.74, 6) is -0.875. The summed E-state index contributed by atoms with van der Waals surface area (Å²) in [6, 6.07) is 5.67. The third-order valence-electron chi connectivity index (χ3n) is 4.52. The van der Waals surface area contributed by atoms with E-state index in [1.807, 2.05) is 13.8 Å². The number of aliphatic imine (C=N–C) groups is 1. The first-order valence-electron chi connectivity index (χ1n) is 8.09. The molecule has 0 spiro atoms. The third kappa shape index (κ3) is 2.69. The Kier molecular flexibility index (Phi) is 3.80. The predicted octanol–water partition coefficient (Wildman–Crippen LogP) is 3.62. The molecule has 1 atom stereocenters. The molecule has 0 radical (unpaired) electrons. The van der Waals surface area contributed by atoms with Crippen LogP contribution in [0.15, 0.2) is 23.2 Å². The molecule has 0 amide bonds. The lowest BCUT2D eigenvalue weighted by atomic mass is 10.0. The maximum atomic E-state index is 11.4. The highest BCUT2D eigenvalue weighted by Gasteiger charge is 2.43. The number of aliphatic carboxylic acids is 1. The SMILES string of the molecule is CC1(C)SC(c2nc3ccc(N4CCCC4)cc3s2)=NC1C(=O)O. The first-order chi connectivity index (χ1) is 11.4. The van der Waals surface area contributed by atoms with Gasteiger partial charge in [-0.2, -0.15) is 0 Å². The second-order valence-corrected chi connectivity index (χ2v) is 9.42. The molecule has 2 aliphatic rings. The molecular weight excluding hydrogens is 342 g/mol. The number of thioether (sulfide) groups is 1. The predicted molar refractivity (Wildman–Crippen MR) is 101 cm³/mol. The number of hydrogen-bond acceptors (Lipinski definition) is 6.